The molecule has 0 spiro atoms. The van der Waals surface area contributed by atoms with E-state index in [9.17, 15) is 4.79 Å². The smallest absolute Gasteiger partial charge is 0.251 e. The minimum atomic E-state index is -0.0770. The molecular formula is C21H29IN4O2. The van der Waals surface area contributed by atoms with Crippen LogP contribution < -0.4 is 20.7 Å². The lowest BCUT2D eigenvalue weighted by Gasteiger charge is -2.14. The molecule has 0 bridgehead atoms. The Morgan fingerprint density at radius 1 is 1.00 bits per heavy atom. The van der Waals surface area contributed by atoms with Crippen LogP contribution >= 0.6 is 24.0 Å². The molecule has 0 unspecified atom stereocenters. The Hall–Kier alpha value is -2.29. The number of carbonyl (C=O) groups is 1. The monoisotopic (exact) mass is 496 g/mol. The van der Waals surface area contributed by atoms with Gasteiger partial charge in [0, 0.05) is 32.2 Å². The SMILES string of the molecule is CN=C(NCCNC(=O)c1ccccc1)NCCc1cc(C)ccc1OC.I. The highest BCUT2D eigenvalue weighted by Gasteiger charge is 2.05. The van der Waals surface area contributed by atoms with Crippen LogP contribution in [-0.2, 0) is 6.42 Å². The van der Waals surface area contributed by atoms with E-state index < -0.39 is 0 Å². The predicted molar refractivity (Wildman–Crippen MR) is 125 cm³/mol. The van der Waals surface area contributed by atoms with Crippen molar-refractivity contribution >= 4 is 35.8 Å². The zero-order chi connectivity index (χ0) is 19.5. The number of carbonyl (C=O) groups excluding carboxylic acids is 1. The molecule has 6 nitrogen and oxygen atoms in total. The maximum Gasteiger partial charge on any atom is 0.251 e. The number of nitrogens with one attached hydrogen (secondary N) is 3. The zero-order valence-corrected chi connectivity index (χ0v) is 18.9. The molecule has 1 amide bonds. The summed E-state index contributed by atoms with van der Waals surface area (Å²) in [5.74, 6) is 1.52. The number of guanidine groups is 1. The molecule has 2 aromatic rings. The van der Waals surface area contributed by atoms with E-state index >= 15 is 0 Å². The summed E-state index contributed by atoms with van der Waals surface area (Å²) in [5.41, 5.74) is 3.03. The number of hydrogen-bond acceptors (Lipinski definition) is 3. The van der Waals surface area contributed by atoms with Crippen LogP contribution in [0.25, 0.3) is 0 Å². The Labute approximate surface area is 184 Å². The van der Waals surface area contributed by atoms with Crippen LogP contribution in [0.5, 0.6) is 5.75 Å². The molecule has 7 heteroatoms. The molecule has 0 radical (unpaired) electrons. The van der Waals surface area contributed by atoms with Gasteiger partial charge in [-0.25, -0.2) is 0 Å². The summed E-state index contributed by atoms with van der Waals surface area (Å²) in [6.45, 7) is 3.91. The molecule has 0 fully saturated rings. The number of hydrogen-bond donors (Lipinski definition) is 3. The number of rotatable bonds is 8. The van der Waals surface area contributed by atoms with E-state index in [1.165, 1.54) is 5.56 Å². The number of benzene rings is 2. The second kappa shape index (κ2) is 13.0. The van der Waals surface area contributed by atoms with Crippen LogP contribution in [0.2, 0.25) is 0 Å². The van der Waals surface area contributed by atoms with E-state index in [-0.39, 0.29) is 29.9 Å². The molecule has 2 aromatic carbocycles. The Kier molecular flexibility index (Phi) is 11.0. The van der Waals surface area contributed by atoms with Crippen molar-refractivity contribution in [3.63, 3.8) is 0 Å². The number of amides is 1. The molecular weight excluding hydrogens is 467 g/mol. The first-order valence-electron chi connectivity index (χ1n) is 9.05. The first-order valence-corrected chi connectivity index (χ1v) is 9.05. The second-order valence-corrected chi connectivity index (χ2v) is 6.11. The van der Waals surface area contributed by atoms with Crippen molar-refractivity contribution < 1.29 is 9.53 Å². The summed E-state index contributed by atoms with van der Waals surface area (Å²) < 4.78 is 5.41. The van der Waals surface area contributed by atoms with Crippen LogP contribution in [0, 0.1) is 6.92 Å². The highest BCUT2D eigenvalue weighted by Crippen LogP contribution is 2.19. The number of halogens is 1. The van der Waals surface area contributed by atoms with Gasteiger partial charge in [-0.1, -0.05) is 35.9 Å². The third kappa shape index (κ3) is 7.75. The van der Waals surface area contributed by atoms with Gasteiger partial charge in [-0.15, -0.1) is 24.0 Å². The number of nitrogens with zero attached hydrogens (tertiary/aromatic N) is 1. The van der Waals surface area contributed by atoms with E-state index in [4.69, 9.17) is 4.74 Å². The van der Waals surface area contributed by atoms with Gasteiger partial charge in [-0.05, 0) is 37.1 Å². The molecule has 0 atom stereocenters. The highest BCUT2D eigenvalue weighted by molar-refractivity contribution is 14.0. The minimum Gasteiger partial charge on any atom is -0.496 e. The first kappa shape index (κ1) is 23.7. The Balaban J connectivity index is 0.00000392. The maximum atomic E-state index is 12.0. The van der Waals surface area contributed by atoms with Crippen molar-refractivity contribution in [1.82, 2.24) is 16.0 Å². The van der Waals surface area contributed by atoms with Crippen LogP contribution in [0.15, 0.2) is 53.5 Å². The normalized spacial score (nSPS) is 10.6. The lowest BCUT2D eigenvalue weighted by atomic mass is 10.1. The molecule has 0 saturated carbocycles. The lowest BCUT2D eigenvalue weighted by molar-refractivity contribution is 0.0954. The molecule has 0 aliphatic carbocycles. The van der Waals surface area contributed by atoms with Gasteiger partial charge >= 0.3 is 0 Å². The average Bonchev–Trinajstić information content (AvgIpc) is 2.70. The van der Waals surface area contributed by atoms with E-state index in [2.05, 4.69) is 33.9 Å². The molecule has 0 aliphatic heterocycles. The highest BCUT2D eigenvalue weighted by atomic mass is 127. The van der Waals surface area contributed by atoms with Crippen molar-refractivity contribution in [3.8, 4) is 5.75 Å². The molecule has 0 heterocycles. The van der Waals surface area contributed by atoms with Crippen LogP contribution in [0.3, 0.4) is 0 Å². The Bertz CT molecular complexity index is 766. The van der Waals surface area contributed by atoms with Crippen molar-refractivity contribution in [3.05, 3.63) is 65.2 Å². The van der Waals surface area contributed by atoms with Crippen molar-refractivity contribution in [2.75, 3.05) is 33.8 Å². The van der Waals surface area contributed by atoms with Crippen LogP contribution in [0.1, 0.15) is 21.5 Å². The average molecular weight is 496 g/mol. The van der Waals surface area contributed by atoms with Gasteiger partial charge in [0.15, 0.2) is 5.96 Å². The molecule has 152 valence electrons. The third-order valence-electron chi connectivity index (χ3n) is 4.09. The van der Waals surface area contributed by atoms with Crippen molar-refractivity contribution in [2.45, 2.75) is 13.3 Å². The number of aryl methyl sites for hydroxylation is 1. The summed E-state index contributed by atoms with van der Waals surface area (Å²) in [7, 11) is 3.41. The lowest BCUT2D eigenvalue weighted by Crippen LogP contribution is -2.42. The first-order chi connectivity index (χ1) is 13.1. The summed E-state index contributed by atoms with van der Waals surface area (Å²) in [6.07, 6.45) is 0.830. The van der Waals surface area contributed by atoms with E-state index in [1.807, 2.05) is 30.3 Å². The van der Waals surface area contributed by atoms with Gasteiger partial charge in [0.2, 0.25) is 0 Å². The second-order valence-electron chi connectivity index (χ2n) is 6.11. The molecule has 28 heavy (non-hydrogen) atoms. The summed E-state index contributed by atoms with van der Waals surface area (Å²) in [4.78, 5) is 16.2. The summed E-state index contributed by atoms with van der Waals surface area (Å²) >= 11 is 0. The van der Waals surface area contributed by atoms with E-state index in [0.29, 0.717) is 24.6 Å². The van der Waals surface area contributed by atoms with Crippen molar-refractivity contribution in [2.24, 2.45) is 4.99 Å². The third-order valence-corrected chi connectivity index (χ3v) is 4.09. The zero-order valence-electron chi connectivity index (χ0n) is 16.6. The Morgan fingerprint density at radius 3 is 2.36 bits per heavy atom. The van der Waals surface area contributed by atoms with Gasteiger partial charge in [-0.3, -0.25) is 9.79 Å². The fourth-order valence-corrected chi connectivity index (χ4v) is 2.69. The van der Waals surface area contributed by atoms with Crippen LogP contribution in [0.4, 0.5) is 0 Å². The summed E-state index contributed by atoms with van der Waals surface area (Å²) in [5, 5.41) is 9.36. The fraction of sp³-hybridized carbons (Fsp3) is 0.333. The number of aliphatic imine (C=N–C) groups is 1. The molecule has 2 rings (SSSR count). The molecule has 3 N–H and O–H groups in total. The predicted octanol–water partition coefficient (Wildman–Crippen LogP) is 2.76. The fourth-order valence-electron chi connectivity index (χ4n) is 2.69. The van der Waals surface area contributed by atoms with Gasteiger partial charge in [0.25, 0.3) is 5.91 Å². The van der Waals surface area contributed by atoms with E-state index in [0.717, 1.165) is 24.3 Å². The largest absolute Gasteiger partial charge is 0.496 e. The molecule has 0 aliphatic rings. The quantitative estimate of drug-likeness (QED) is 0.228. The van der Waals surface area contributed by atoms with E-state index in [1.54, 1.807) is 26.3 Å². The minimum absolute atomic E-state index is 0. The van der Waals surface area contributed by atoms with Gasteiger partial charge < -0.3 is 20.7 Å². The Morgan fingerprint density at radius 2 is 1.68 bits per heavy atom. The number of ether oxygens (including phenoxy) is 1. The van der Waals surface area contributed by atoms with Crippen molar-refractivity contribution in [1.29, 1.82) is 0 Å². The van der Waals surface area contributed by atoms with Gasteiger partial charge in [0.05, 0.1) is 7.11 Å². The maximum absolute atomic E-state index is 12.0. The number of methoxy groups -OCH3 is 1. The van der Waals surface area contributed by atoms with Crippen LogP contribution in [-0.4, -0.2) is 45.7 Å². The van der Waals surface area contributed by atoms with Gasteiger partial charge in [0.1, 0.15) is 5.75 Å². The molecule has 0 saturated heterocycles. The van der Waals surface area contributed by atoms with Gasteiger partial charge in [-0.2, -0.15) is 0 Å². The standard InChI is InChI=1S/C21H28N4O2.HI/c1-16-9-10-19(27-3)18(15-16)11-12-24-21(22-2)25-14-13-23-20(26)17-7-5-4-6-8-17;/h4-10,15H,11-14H2,1-3H3,(H,23,26)(H2,22,24,25);1H. The summed E-state index contributed by atoms with van der Waals surface area (Å²) in [6, 6.07) is 15.3. The molecule has 0 aromatic heterocycles. The topological polar surface area (TPSA) is 74.8 Å².